The highest BCUT2D eigenvalue weighted by Crippen LogP contribution is 2.08. The topological polar surface area (TPSA) is 188 Å². The number of nitrogens with two attached hydrogens (primary N) is 1. The third kappa shape index (κ3) is 8.90. The van der Waals surface area contributed by atoms with E-state index in [1.165, 1.54) is 6.92 Å². The quantitative estimate of drug-likeness (QED) is 0.235. The van der Waals surface area contributed by atoms with E-state index >= 15 is 0 Å². The molecule has 166 valence electrons. The molecule has 0 heterocycles. The van der Waals surface area contributed by atoms with Gasteiger partial charge in [-0.05, 0) is 18.8 Å². The summed E-state index contributed by atoms with van der Waals surface area (Å²) < 4.78 is 0. The molecule has 0 aromatic rings. The van der Waals surface area contributed by atoms with Gasteiger partial charge in [0.2, 0.25) is 17.7 Å². The van der Waals surface area contributed by atoms with E-state index in [2.05, 4.69) is 16.0 Å². The number of amides is 3. The maximum absolute atomic E-state index is 12.6. The second-order valence-electron chi connectivity index (χ2n) is 7.37. The van der Waals surface area contributed by atoms with Crippen molar-refractivity contribution in [3.05, 3.63) is 0 Å². The smallest absolute Gasteiger partial charge is 0.325 e. The number of rotatable bonds is 12. The van der Waals surface area contributed by atoms with Gasteiger partial charge in [-0.25, -0.2) is 0 Å². The molecule has 0 rings (SSSR count). The van der Waals surface area contributed by atoms with E-state index in [1.54, 1.807) is 20.8 Å². The Morgan fingerprint density at radius 2 is 1.41 bits per heavy atom. The van der Waals surface area contributed by atoms with Gasteiger partial charge in [0.05, 0.1) is 12.5 Å². The lowest BCUT2D eigenvalue weighted by molar-refractivity contribution is -0.143. The molecule has 0 radical (unpaired) electrons. The van der Waals surface area contributed by atoms with E-state index in [-0.39, 0.29) is 5.92 Å². The average molecular weight is 416 g/mol. The zero-order valence-corrected chi connectivity index (χ0v) is 17.4. The Balaban J connectivity index is 5.35. The van der Waals surface area contributed by atoms with Crippen LogP contribution in [0.3, 0.4) is 0 Å². The van der Waals surface area contributed by atoms with Crippen LogP contribution in [-0.2, 0) is 24.0 Å². The fourth-order valence-electron chi connectivity index (χ4n) is 2.32. The van der Waals surface area contributed by atoms with Gasteiger partial charge in [-0.3, -0.25) is 24.0 Å². The van der Waals surface area contributed by atoms with Crippen LogP contribution in [0.4, 0.5) is 0 Å². The van der Waals surface area contributed by atoms with Gasteiger partial charge in [0.1, 0.15) is 18.1 Å². The number of carbonyl (C=O) groups excluding carboxylic acids is 3. The lowest BCUT2D eigenvalue weighted by atomic mass is 9.98. The van der Waals surface area contributed by atoms with Crippen molar-refractivity contribution in [1.82, 2.24) is 16.0 Å². The zero-order valence-electron chi connectivity index (χ0n) is 17.4. The number of nitrogens with one attached hydrogen (secondary N) is 3. The third-order valence-corrected chi connectivity index (χ3v) is 4.55. The lowest BCUT2D eigenvalue weighted by Crippen LogP contribution is -2.59. The van der Waals surface area contributed by atoms with Crippen LogP contribution in [0, 0.1) is 11.8 Å². The van der Waals surface area contributed by atoms with E-state index in [0.717, 1.165) is 0 Å². The molecule has 0 aliphatic carbocycles. The third-order valence-electron chi connectivity index (χ3n) is 4.55. The zero-order chi connectivity index (χ0) is 22.9. The summed E-state index contributed by atoms with van der Waals surface area (Å²) in [6.07, 6.45) is -0.0928. The molecule has 0 aliphatic heterocycles. The summed E-state index contributed by atoms with van der Waals surface area (Å²) >= 11 is 0. The Labute approximate surface area is 169 Å². The predicted molar refractivity (Wildman–Crippen MR) is 104 cm³/mol. The second kappa shape index (κ2) is 12.0. The number of hydrogen-bond donors (Lipinski definition) is 6. The lowest BCUT2D eigenvalue weighted by Gasteiger charge is -2.26. The molecule has 0 saturated carbocycles. The largest absolute Gasteiger partial charge is 0.481 e. The molecule has 29 heavy (non-hydrogen) atoms. The second-order valence-corrected chi connectivity index (χ2v) is 7.37. The van der Waals surface area contributed by atoms with Crippen LogP contribution in [0.2, 0.25) is 0 Å². The van der Waals surface area contributed by atoms with Crippen molar-refractivity contribution >= 4 is 29.7 Å². The highest BCUT2D eigenvalue weighted by Gasteiger charge is 2.32. The van der Waals surface area contributed by atoms with Crippen molar-refractivity contribution in [1.29, 1.82) is 0 Å². The monoisotopic (exact) mass is 416 g/mol. The fraction of sp³-hybridized carbons (Fsp3) is 0.722. The van der Waals surface area contributed by atoms with E-state index in [0.29, 0.717) is 6.42 Å². The van der Waals surface area contributed by atoms with Gasteiger partial charge in [-0.15, -0.1) is 0 Å². The Bertz CT molecular complexity index is 623. The summed E-state index contributed by atoms with van der Waals surface area (Å²) in [4.78, 5) is 59.2. The molecular weight excluding hydrogens is 384 g/mol. The molecule has 0 fully saturated rings. The van der Waals surface area contributed by atoms with E-state index in [9.17, 15) is 24.0 Å². The van der Waals surface area contributed by atoms with Crippen LogP contribution in [0.15, 0.2) is 0 Å². The summed E-state index contributed by atoms with van der Waals surface area (Å²) in [7, 11) is 0. The van der Waals surface area contributed by atoms with Crippen molar-refractivity contribution in [3.8, 4) is 0 Å². The van der Waals surface area contributed by atoms with E-state index in [4.69, 9.17) is 15.9 Å². The molecule has 0 spiro atoms. The highest BCUT2D eigenvalue weighted by atomic mass is 16.4. The first-order chi connectivity index (χ1) is 13.3. The number of aliphatic carboxylic acids is 2. The molecule has 5 unspecified atom stereocenters. The average Bonchev–Trinajstić information content (AvgIpc) is 2.62. The first kappa shape index (κ1) is 26.3. The molecule has 7 N–H and O–H groups in total. The summed E-state index contributed by atoms with van der Waals surface area (Å²) in [5.41, 5.74) is 5.82. The van der Waals surface area contributed by atoms with Crippen LogP contribution in [0.25, 0.3) is 0 Å². The normalized spacial score (nSPS) is 16.1. The van der Waals surface area contributed by atoms with Crippen molar-refractivity contribution in [2.24, 2.45) is 17.6 Å². The van der Waals surface area contributed by atoms with Crippen molar-refractivity contribution in [2.75, 3.05) is 0 Å². The summed E-state index contributed by atoms with van der Waals surface area (Å²) in [5, 5.41) is 24.9. The first-order valence-corrected chi connectivity index (χ1v) is 9.43. The number of hydrogen-bond acceptors (Lipinski definition) is 6. The van der Waals surface area contributed by atoms with E-state index < -0.39 is 66.2 Å². The highest BCUT2D eigenvalue weighted by molar-refractivity contribution is 5.95. The maximum Gasteiger partial charge on any atom is 0.325 e. The Morgan fingerprint density at radius 1 is 0.862 bits per heavy atom. The number of carboxylic acid groups (broad SMARTS) is 2. The van der Waals surface area contributed by atoms with Crippen LogP contribution in [-0.4, -0.2) is 64.0 Å². The van der Waals surface area contributed by atoms with Crippen molar-refractivity contribution in [3.63, 3.8) is 0 Å². The molecule has 0 bridgehead atoms. The van der Waals surface area contributed by atoms with Crippen LogP contribution < -0.4 is 21.7 Å². The summed E-state index contributed by atoms with van der Waals surface area (Å²) in [6.45, 7) is 8.10. The van der Waals surface area contributed by atoms with Gasteiger partial charge in [-0.2, -0.15) is 0 Å². The molecule has 3 amide bonds. The number of carboxylic acids is 2. The molecule has 0 saturated heterocycles. The maximum atomic E-state index is 12.6. The van der Waals surface area contributed by atoms with Crippen molar-refractivity contribution in [2.45, 2.75) is 71.6 Å². The van der Waals surface area contributed by atoms with Crippen LogP contribution >= 0.6 is 0 Å². The van der Waals surface area contributed by atoms with Crippen LogP contribution in [0.5, 0.6) is 0 Å². The van der Waals surface area contributed by atoms with Gasteiger partial charge in [-0.1, -0.05) is 34.1 Å². The van der Waals surface area contributed by atoms with Crippen molar-refractivity contribution < 1.29 is 34.2 Å². The standard InChI is InChI=1S/C18H32N4O7/c1-6-9(4)13(19)16(26)21-11(7-12(23)24)15(25)22-14(8(2)3)17(27)20-10(5)18(28)29/h8-11,13-14H,6-7,19H2,1-5H3,(H,20,27)(H,21,26)(H,22,25)(H,23,24)(H,28,29). The van der Waals surface area contributed by atoms with Crippen LogP contribution in [0.1, 0.15) is 47.5 Å². The minimum atomic E-state index is -1.44. The summed E-state index contributed by atoms with van der Waals surface area (Å²) in [5.74, 6) is -5.48. The first-order valence-electron chi connectivity index (χ1n) is 9.43. The Hall–Kier alpha value is -2.69. The van der Waals surface area contributed by atoms with Gasteiger partial charge in [0.15, 0.2) is 0 Å². The molecule has 0 aliphatic rings. The van der Waals surface area contributed by atoms with Gasteiger partial charge >= 0.3 is 11.9 Å². The minimum Gasteiger partial charge on any atom is -0.481 e. The molecule has 5 atom stereocenters. The fourth-order valence-corrected chi connectivity index (χ4v) is 2.32. The molecule has 11 heteroatoms. The van der Waals surface area contributed by atoms with E-state index in [1.807, 2.05) is 6.92 Å². The minimum absolute atomic E-state index is 0.185. The molecule has 0 aromatic heterocycles. The Kier molecular flexibility index (Phi) is 10.9. The molecule has 11 nitrogen and oxygen atoms in total. The molecular formula is C18H32N4O7. The SMILES string of the molecule is CCC(C)C(N)C(=O)NC(CC(=O)O)C(=O)NC(C(=O)NC(C)C(=O)O)C(C)C. The number of carbonyl (C=O) groups is 5. The predicted octanol–water partition coefficient (Wildman–Crippen LogP) is -0.951. The van der Waals surface area contributed by atoms with Gasteiger partial charge in [0.25, 0.3) is 0 Å². The van der Waals surface area contributed by atoms with Gasteiger partial charge < -0.3 is 31.9 Å². The van der Waals surface area contributed by atoms with Gasteiger partial charge in [0, 0.05) is 0 Å². The Morgan fingerprint density at radius 3 is 1.83 bits per heavy atom. The molecule has 0 aromatic carbocycles. The summed E-state index contributed by atoms with van der Waals surface area (Å²) in [6, 6.07) is -4.67.